The number of allylic oxidation sites excluding steroid dienone is 3. The van der Waals surface area contributed by atoms with Gasteiger partial charge in [-0.25, -0.2) is 0 Å². The van der Waals surface area contributed by atoms with Crippen molar-refractivity contribution < 1.29 is 0 Å². The Hall–Kier alpha value is -0.720. The molecule has 1 nitrogen and oxygen atoms in total. The highest BCUT2D eigenvalue weighted by atomic mass is 14.6. The Balaban J connectivity index is 4.83. The van der Waals surface area contributed by atoms with E-state index in [4.69, 9.17) is 5.73 Å². The minimum absolute atomic E-state index is 0.177. The number of rotatable bonds is 1. The molecule has 0 aliphatic heterocycles. The summed E-state index contributed by atoms with van der Waals surface area (Å²) in [5.41, 5.74) is 9.49. The molecular weight excluding hydrogens is 146 g/mol. The molecule has 0 amide bonds. The second-order valence-electron chi connectivity index (χ2n) is 4.55. The predicted molar refractivity (Wildman–Crippen MR) is 55.8 cm³/mol. The van der Waals surface area contributed by atoms with Crippen LogP contribution in [0.15, 0.2) is 22.9 Å². The highest BCUT2D eigenvalue weighted by molar-refractivity contribution is 5.27. The SMILES string of the molecule is CC(C)=C/C(N)=C(\C)C(C)(C)C. The molecular formula is C11H21N. The Morgan fingerprint density at radius 3 is 1.75 bits per heavy atom. The lowest BCUT2D eigenvalue weighted by atomic mass is 9.86. The van der Waals surface area contributed by atoms with Gasteiger partial charge in [-0.2, -0.15) is 0 Å². The Labute approximate surface area is 76.3 Å². The van der Waals surface area contributed by atoms with Gasteiger partial charge in [0.2, 0.25) is 0 Å². The van der Waals surface area contributed by atoms with E-state index in [0.29, 0.717) is 0 Å². The third-order valence-corrected chi connectivity index (χ3v) is 2.00. The number of hydrogen-bond donors (Lipinski definition) is 1. The summed E-state index contributed by atoms with van der Waals surface area (Å²) in [6.07, 6.45) is 2.03. The van der Waals surface area contributed by atoms with Crippen molar-refractivity contribution in [1.29, 1.82) is 0 Å². The zero-order valence-corrected chi connectivity index (χ0v) is 9.15. The van der Waals surface area contributed by atoms with E-state index in [-0.39, 0.29) is 5.41 Å². The molecule has 2 N–H and O–H groups in total. The van der Waals surface area contributed by atoms with Gasteiger partial charge in [-0.3, -0.25) is 0 Å². The molecule has 0 radical (unpaired) electrons. The van der Waals surface area contributed by atoms with Gasteiger partial charge in [-0.15, -0.1) is 0 Å². The first-order chi connectivity index (χ1) is 5.25. The topological polar surface area (TPSA) is 26.0 Å². The third-order valence-electron chi connectivity index (χ3n) is 2.00. The van der Waals surface area contributed by atoms with E-state index < -0.39 is 0 Å². The fourth-order valence-corrected chi connectivity index (χ4v) is 0.852. The Morgan fingerprint density at radius 1 is 1.08 bits per heavy atom. The van der Waals surface area contributed by atoms with Crippen molar-refractivity contribution in [3.8, 4) is 0 Å². The standard InChI is InChI=1S/C11H21N/c1-8(2)7-10(12)9(3)11(4,5)6/h7H,12H2,1-6H3/b10-9-. The van der Waals surface area contributed by atoms with E-state index in [0.717, 1.165) is 5.70 Å². The molecule has 0 heterocycles. The smallest absolute Gasteiger partial charge is 0.0307 e. The zero-order chi connectivity index (χ0) is 9.94. The van der Waals surface area contributed by atoms with Gasteiger partial charge in [-0.05, 0) is 37.8 Å². The summed E-state index contributed by atoms with van der Waals surface area (Å²) in [5, 5.41) is 0. The fourth-order valence-electron chi connectivity index (χ4n) is 0.852. The van der Waals surface area contributed by atoms with Crippen LogP contribution in [-0.2, 0) is 0 Å². The van der Waals surface area contributed by atoms with E-state index in [1.807, 2.05) is 6.08 Å². The summed E-state index contributed by atoms with van der Waals surface area (Å²) >= 11 is 0. The molecule has 0 bridgehead atoms. The van der Waals surface area contributed by atoms with Gasteiger partial charge in [0.05, 0.1) is 0 Å². The van der Waals surface area contributed by atoms with Crippen LogP contribution in [0.3, 0.4) is 0 Å². The minimum atomic E-state index is 0.177. The quantitative estimate of drug-likeness (QED) is 0.596. The summed E-state index contributed by atoms with van der Waals surface area (Å²) in [7, 11) is 0. The van der Waals surface area contributed by atoms with Crippen molar-refractivity contribution in [3.63, 3.8) is 0 Å². The number of hydrogen-bond acceptors (Lipinski definition) is 1. The van der Waals surface area contributed by atoms with Gasteiger partial charge >= 0.3 is 0 Å². The molecule has 0 saturated heterocycles. The Bertz CT molecular complexity index is 210. The molecule has 12 heavy (non-hydrogen) atoms. The molecule has 0 aromatic rings. The van der Waals surface area contributed by atoms with Crippen molar-refractivity contribution in [1.82, 2.24) is 0 Å². The molecule has 0 fully saturated rings. The lowest BCUT2D eigenvalue weighted by Crippen LogP contribution is -2.12. The van der Waals surface area contributed by atoms with Gasteiger partial charge < -0.3 is 5.73 Å². The lowest BCUT2D eigenvalue weighted by Gasteiger charge is -2.21. The summed E-state index contributed by atoms with van der Waals surface area (Å²) < 4.78 is 0. The molecule has 0 aromatic carbocycles. The maximum atomic E-state index is 5.91. The minimum Gasteiger partial charge on any atom is -0.399 e. The van der Waals surface area contributed by atoms with Gasteiger partial charge in [-0.1, -0.05) is 26.3 Å². The summed E-state index contributed by atoms with van der Waals surface area (Å²) in [6.45, 7) is 12.7. The van der Waals surface area contributed by atoms with Crippen LogP contribution in [0.4, 0.5) is 0 Å². The second-order valence-corrected chi connectivity index (χ2v) is 4.55. The van der Waals surface area contributed by atoms with E-state index in [1.54, 1.807) is 0 Å². The molecule has 70 valence electrons. The average molecular weight is 167 g/mol. The molecule has 0 rings (SSSR count). The largest absolute Gasteiger partial charge is 0.399 e. The molecule has 0 aromatic heterocycles. The van der Waals surface area contributed by atoms with Crippen LogP contribution in [0.25, 0.3) is 0 Å². The van der Waals surface area contributed by atoms with Crippen molar-refractivity contribution >= 4 is 0 Å². The van der Waals surface area contributed by atoms with E-state index in [9.17, 15) is 0 Å². The van der Waals surface area contributed by atoms with E-state index in [2.05, 4.69) is 41.5 Å². The highest BCUT2D eigenvalue weighted by Crippen LogP contribution is 2.26. The molecule has 0 aliphatic carbocycles. The van der Waals surface area contributed by atoms with Gasteiger partial charge in [0.1, 0.15) is 0 Å². The van der Waals surface area contributed by atoms with E-state index >= 15 is 0 Å². The first-order valence-electron chi connectivity index (χ1n) is 4.37. The predicted octanol–water partition coefficient (Wildman–Crippen LogP) is 3.23. The Kier molecular flexibility index (Phi) is 3.56. The second kappa shape index (κ2) is 3.79. The van der Waals surface area contributed by atoms with Crippen molar-refractivity contribution in [2.45, 2.75) is 41.5 Å². The van der Waals surface area contributed by atoms with Gasteiger partial charge in [0, 0.05) is 5.70 Å². The maximum Gasteiger partial charge on any atom is 0.0307 e. The van der Waals surface area contributed by atoms with Crippen molar-refractivity contribution in [3.05, 3.63) is 22.9 Å². The summed E-state index contributed by atoms with van der Waals surface area (Å²) in [4.78, 5) is 0. The summed E-state index contributed by atoms with van der Waals surface area (Å²) in [5.74, 6) is 0. The van der Waals surface area contributed by atoms with Gasteiger partial charge in [0.15, 0.2) is 0 Å². The van der Waals surface area contributed by atoms with Crippen LogP contribution in [0.5, 0.6) is 0 Å². The molecule has 0 aliphatic rings. The third kappa shape index (κ3) is 3.61. The van der Waals surface area contributed by atoms with Crippen LogP contribution < -0.4 is 5.73 Å². The van der Waals surface area contributed by atoms with Crippen LogP contribution in [0, 0.1) is 5.41 Å². The average Bonchev–Trinajstić information content (AvgIpc) is 1.82. The maximum absolute atomic E-state index is 5.91. The highest BCUT2D eigenvalue weighted by Gasteiger charge is 2.14. The molecule has 0 atom stereocenters. The summed E-state index contributed by atoms with van der Waals surface area (Å²) in [6, 6.07) is 0. The van der Waals surface area contributed by atoms with Crippen molar-refractivity contribution in [2.75, 3.05) is 0 Å². The zero-order valence-electron chi connectivity index (χ0n) is 9.15. The van der Waals surface area contributed by atoms with Crippen LogP contribution in [-0.4, -0.2) is 0 Å². The normalized spacial score (nSPS) is 13.8. The Morgan fingerprint density at radius 2 is 1.50 bits per heavy atom. The monoisotopic (exact) mass is 167 g/mol. The lowest BCUT2D eigenvalue weighted by molar-refractivity contribution is 0.499. The van der Waals surface area contributed by atoms with Crippen LogP contribution in [0.1, 0.15) is 41.5 Å². The van der Waals surface area contributed by atoms with E-state index in [1.165, 1.54) is 11.1 Å². The number of nitrogens with two attached hydrogens (primary N) is 1. The molecule has 0 unspecified atom stereocenters. The molecule has 1 heteroatoms. The molecule has 0 spiro atoms. The first kappa shape index (κ1) is 11.3. The first-order valence-corrected chi connectivity index (χ1v) is 4.37. The van der Waals surface area contributed by atoms with Crippen LogP contribution >= 0.6 is 0 Å². The van der Waals surface area contributed by atoms with Crippen LogP contribution in [0.2, 0.25) is 0 Å². The molecule has 0 saturated carbocycles. The fraction of sp³-hybridized carbons (Fsp3) is 0.636. The van der Waals surface area contributed by atoms with Crippen molar-refractivity contribution in [2.24, 2.45) is 11.1 Å². The van der Waals surface area contributed by atoms with Gasteiger partial charge in [0.25, 0.3) is 0 Å².